The van der Waals surface area contributed by atoms with Crippen molar-refractivity contribution in [3.05, 3.63) is 0 Å². The number of nitrogens with zero attached hydrogens (tertiary/aromatic N) is 3. The first-order valence-corrected chi connectivity index (χ1v) is 13.0. The van der Waals surface area contributed by atoms with Crippen molar-refractivity contribution in [3.8, 4) is 0 Å². The number of fused-ring (bicyclic) bond motifs is 3. The van der Waals surface area contributed by atoms with Crippen molar-refractivity contribution in [1.82, 2.24) is 30.9 Å². The van der Waals surface area contributed by atoms with E-state index in [0.29, 0.717) is 37.8 Å². The molecule has 5 aliphatic rings. The zero-order chi connectivity index (χ0) is 24.9. The van der Waals surface area contributed by atoms with Gasteiger partial charge in [-0.25, -0.2) is 15.2 Å². The van der Waals surface area contributed by atoms with Gasteiger partial charge in [0.25, 0.3) is 5.91 Å². The number of likely N-dealkylation sites (tertiary alicyclic amines) is 1. The van der Waals surface area contributed by atoms with E-state index in [1.54, 1.807) is 0 Å². The molecule has 35 heavy (non-hydrogen) atoms. The highest BCUT2D eigenvalue weighted by Gasteiger charge is 2.52. The molecule has 13 heteroatoms. The van der Waals surface area contributed by atoms with Gasteiger partial charge < -0.3 is 15.0 Å². The summed E-state index contributed by atoms with van der Waals surface area (Å²) in [6.07, 6.45) is -1.24. The summed E-state index contributed by atoms with van der Waals surface area (Å²) >= 11 is 6.33. The maximum absolute atomic E-state index is 14.1. The Morgan fingerprint density at radius 3 is 2.57 bits per heavy atom. The van der Waals surface area contributed by atoms with Crippen LogP contribution in [-0.4, -0.2) is 102 Å². The molecule has 0 spiro atoms. The summed E-state index contributed by atoms with van der Waals surface area (Å²) in [6, 6.07) is -1.04. The molecule has 1 saturated carbocycles. The zero-order valence-electron chi connectivity index (χ0n) is 19.8. The van der Waals surface area contributed by atoms with Gasteiger partial charge in [-0.2, -0.15) is 13.2 Å². The van der Waals surface area contributed by atoms with Crippen LogP contribution in [0.15, 0.2) is 0 Å². The van der Waals surface area contributed by atoms with Gasteiger partial charge in [-0.3, -0.25) is 15.0 Å². The van der Waals surface area contributed by atoms with Gasteiger partial charge in [0, 0.05) is 38.1 Å². The van der Waals surface area contributed by atoms with Crippen molar-refractivity contribution >= 4 is 23.6 Å². The van der Waals surface area contributed by atoms with Crippen molar-refractivity contribution in [2.75, 3.05) is 26.7 Å². The minimum atomic E-state index is -4.56. The number of carbonyl (C=O) groups excluding carboxylic acids is 2. The number of piperidine rings is 1. The Balaban J connectivity index is 1.23. The topological polar surface area (TPSA) is 89.2 Å². The Labute approximate surface area is 208 Å². The van der Waals surface area contributed by atoms with Crippen LogP contribution in [0.3, 0.4) is 0 Å². The van der Waals surface area contributed by atoms with Gasteiger partial charge in [-0.15, -0.1) is 11.6 Å². The van der Waals surface area contributed by atoms with E-state index in [1.807, 2.05) is 0 Å². The van der Waals surface area contributed by atoms with E-state index >= 15 is 0 Å². The van der Waals surface area contributed by atoms with E-state index in [1.165, 1.54) is 7.05 Å². The lowest BCUT2D eigenvalue weighted by Crippen LogP contribution is -2.70. The summed E-state index contributed by atoms with van der Waals surface area (Å²) in [6.45, 7) is 1.69. The quantitative estimate of drug-likeness (QED) is 0.381. The van der Waals surface area contributed by atoms with Gasteiger partial charge >= 0.3 is 12.3 Å². The number of halogens is 4. The molecule has 0 aromatic heterocycles. The number of carbonyl (C=O) groups is 2. The second-order valence-corrected chi connectivity index (χ2v) is 11.0. The van der Waals surface area contributed by atoms with E-state index < -0.39 is 36.2 Å². The average Bonchev–Trinajstić information content (AvgIpc) is 3.42. The monoisotopic (exact) mass is 522 g/mol. The molecule has 0 aromatic carbocycles. The van der Waals surface area contributed by atoms with Crippen LogP contribution >= 0.6 is 11.6 Å². The lowest BCUT2D eigenvalue weighted by Gasteiger charge is -2.53. The molecule has 5 rings (SSSR count). The Hall–Kier alpha value is -1.34. The van der Waals surface area contributed by atoms with Gasteiger partial charge in [0.2, 0.25) is 0 Å². The highest BCUT2D eigenvalue weighted by atomic mass is 35.5. The first-order valence-electron chi connectivity index (χ1n) is 12.6. The van der Waals surface area contributed by atoms with Crippen LogP contribution in [0.4, 0.5) is 18.0 Å². The van der Waals surface area contributed by atoms with Crippen LogP contribution in [0, 0.1) is 5.92 Å². The van der Waals surface area contributed by atoms with E-state index in [0.717, 1.165) is 37.3 Å². The molecule has 0 bridgehead atoms. The zero-order valence-corrected chi connectivity index (χ0v) is 20.5. The molecule has 3 N–H and O–H groups in total. The van der Waals surface area contributed by atoms with Crippen LogP contribution in [0.1, 0.15) is 44.9 Å². The number of hydrogen-bond donors (Lipinski definition) is 3. The number of hydrazine groups is 1. The summed E-state index contributed by atoms with van der Waals surface area (Å²) < 4.78 is 47.3. The first-order chi connectivity index (χ1) is 16.6. The van der Waals surface area contributed by atoms with E-state index in [-0.39, 0.29) is 24.3 Å². The number of hydrogen-bond acceptors (Lipinski definition) is 7. The maximum Gasteiger partial charge on any atom is 0.409 e. The number of alkyl halides is 4. The fourth-order valence-electron chi connectivity index (χ4n) is 6.92. The Morgan fingerprint density at radius 1 is 1.17 bits per heavy atom. The van der Waals surface area contributed by atoms with Gasteiger partial charge in [-0.1, -0.05) is 0 Å². The molecular weight excluding hydrogens is 489 g/mol. The second kappa shape index (κ2) is 9.85. The number of cyclic esters (lactones) is 1. The summed E-state index contributed by atoms with van der Waals surface area (Å²) in [5.41, 5.74) is 3.29. The van der Waals surface area contributed by atoms with Crippen molar-refractivity contribution in [1.29, 1.82) is 0 Å². The fraction of sp³-hybridized carbons (Fsp3) is 0.909. The molecule has 198 valence electrons. The van der Waals surface area contributed by atoms with Crippen molar-refractivity contribution in [2.45, 2.75) is 93.1 Å². The molecule has 2 amide bonds. The van der Waals surface area contributed by atoms with Crippen molar-refractivity contribution in [2.24, 2.45) is 5.92 Å². The highest BCUT2D eigenvalue weighted by molar-refractivity contribution is 6.20. The normalized spacial score (nSPS) is 39.3. The Kier molecular flexibility index (Phi) is 7.12. The summed E-state index contributed by atoms with van der Waals surface area (Å²) in [4.78, 5) is 27.2. The molecule has 6 atom stereocenters. The molecule has 4 saturated heterocycles. The average molecular weight is 523 g/mol. The van der Waals surface area contributed by atoms with Crippen molar-refractivity contribution < 1.29 is 27.5 Å². The summed E-state index contributed by atoms with van der Waals surface area (Å²) in [7, 11) is 1.17. The van der Waals surface area contributed by atoms with Crippen LogP contribution in [0.5, 0.6) is 0 Å². The highest BCUT2D eigenvalue weighted by Crippen LogP contribution is 2.41. The molecule has 9 nitrogen and oxygen atoms in total. The number of amides is 2. The second-order valence-electron chi connectivity index (χ2n) is 10.5. The Bertz CT molecular complexity index is 814. The van der Waals surface area contributed by atoms with E-state index in [9.17, 15) is 22.8 Å². The number of alkyl carbamates (subject to hydrolysis) is 1. The largest absolute Gasteiger partial charge is 0.434 e. The molecule has 4 heterocycles. The number of ether oxygens (including phenoxy) is 1. The first kappa shape index (κ1) is 25.3. The maximum atomic E-state index is 14.1. The smallest absolute Gasteiger partial charge is 0.409 e. The number of likely N-dealkylation sites (N-methyl/N-ethyl adjacent to an activating group) is 1. The van der Waals surface area contributed by atoms with Crippen molar-refractivity contribution in [3.63, 3.8) is 0 Å². The third kappa shape index (κ3) is 4.96. The van der Waals surface area contributed by atoms with Crippen LogP contribution in [0.25, 0.3) is 0 Å². The number of nitrogens with one attached hydrogen (secondary N) is 3. The van der Waals surface area contributed by atoms with Gasteiger partial charge in [0.05, 0.1) is 18.2 Å². The Morgan fingerprint density at radius 2 is 1.91 bits per heavy atom. The van der Waals surface area contributed by atoms with Gasteiger partial charge in [0.1, 0.15) is 6.04 Å². The molecular formula is C22H34ClF3N6O3. The molecule has 0 radical (unpaired) electrons. The van der Waals surface area contributed by atoms with Gasteiger partial charge in [-0.05, 0) is 51.0 Å². The fourth-order valence-corrected chi connectivity index (χ4v) is 7.20. The third-order valence-corrected chi connectivity index (χ3v) is 8.75. The molecule has 0 aromatic rings. The molecule has 1 aliphatic carbocycles. The summed E-state index contributed by atoms with van der Waals surface area (Å²) in [5, 5.41) is 8.17. The lowest BCUT2D eigenvalue weighted by atomic mass is 9.78. The van der Waals surface area contributed by atoms with E-state index in [2.05, 4.69) is 26.0 Å². The predicted molar refractivity (Wildman–Crippen MR) is 121 cm³/mol. The molecule has 5 fully saturated rings. The van der Waals surface area contributed by atoms with Crippen LogP contribution in [0.2, 0.25) is 0 Å². The SMILES string of the molecule is CN(C(=O)[C@@H]1CNC(=O)O1)[C@@H](C1CCC(N2CCCC3C2CNC2CC(Cl)NN23)CC1)C(F)(F)F. The third-order valence-electron chi connectivity index (χ3n) is 8.48. The van der Waals surface area contributed by atoms with Crippen LogP contribution in [-0.2, 0) is 9.53 Å². The molecule has 4 aliphatic heterocycles. The lowest BCUT2D eigenvalue weighted by molar-refractivity contribution is -0.203. The van der Waals surface area contributed by atoms with Gasteiger partial charge in [0.15, 0.2) is 6.10 Å². The summed E-state index contributed by atoms with van der Waals surface area (Å²) in [5.74, 6) is -1.50. The minimum absolute atomic E-state index is 0.0837. The van der Waals surface area contributed by atoms with Crippen LogP contribution < -0.4 is 16.1 Å². The standard InChI is InChI=1S/C22H34ClF3N6O3/c1-30(20(33)16-11-28-21(34)35-16)19(22(24,25)26)12-4-6-13(7-5-12)31-8-2-3-14-15(31)10-27-18-9-17(23)29-32(14)18/h12-19,27,29H,2-11H2,1H3,(H,28,34)/t12?,13?,14?,15?,16-,17?,18?,19-/m0/s1. The van der Waals surface area contributed by atoms with E-state index in [4.69, 9.17) is 16.3 Å². The minimum Gasteiger partial charge on any atom is -0.434 e. The number of rotatable bonds is 4. The predicted octanol–water partition coefficient (Wildman–Crippen LogP) is 1.58. The molecule has 4 unspecified atom stereocenters.